The third-order valence-corrected chi connectivity index (χ3v) is 3.13. The van der Waals surface area contributed by atoms with Crippen LogP contribution in [-0.2, 0) is 4.79 Å². The van der Waals surface area contributed by atoms with Crippen molar-refractivity contribution < 1.29 is 9.59 Å². The molecule has 2 rings (SSSR count). The first kappa shape index (κ1) is 14.1. The molecular formula is C13H14N4O2S. The molecule has 2 N–H and O–H groups in total. The highest BCUT2D eigenvalue weighted by atomic mass is 32.1. The van der Waals surface area contributed by atoms with Crippen LogP contribution in [0.25, 0.3) is 0 Å². The van der Waals surface area contributed by atoms with E-state index in [1.54, 1.807) is 29.8 Å². The lowest BCUT2D eigenvalue weighted by Gasteiger charge is -2.08. The average molecular weight is 290 g/mol. The van der Waals surface area contributed by atoms with E-state index < -0.39 is 0 Å². The van der Waals surface area contributed by atoms with Crippen LogP contribution in [0.5, 0.6) is 0 Å². The van der Waals surface area contributed by atoms with Crippen LogP contribution >= 0.6 is 11.3 Å². The molecule has 20 heavy (non-hydrogen) atoms. The zero-order valence-corrected chi connectivity index (χ0v) is 11.9. The van der Waals surface area contributed by atoms with Gasteiger partial charge in [0.05, 0.1) is 0 Å². The summed E-state index contributed by atoms with van der Waals surface area (Å²) in [7, 11) is 0. The summed E-state index contributed by atoms with van der Waals surface area (Å²) in [4.78, 5) is 23.4. The molecule has 0 bridgehead atoms. The van der Waals surface area contributed by atoms with E-state index in [2.05, 4.69) is 20.8 Å². The second-order valence-corrected chi connectivity index (χ2v) is 5.25. The molecule has 0 unspecified atom stereocenters. The van der Waals surface area contributed by atoms with E-state index in [-0.39, 0.29) is 17.7 Å². The quantitative estimate of drug-likeness (QED) is 0.905. The van der Waals surface area contributed by atoms with Crippen molar-refractivity contribution in [1.29, 1.82) is 0 Å². The molecule has 0 saturated carbocycles. The van der Waals surface area contributed by atoms with E-state index in [0.29, 0.717) is 16.4 Å². The number of nitrogens with one attached hydrogen (secondary N) is 2. The third-order valence-electron chi connectivity index (χ3n) is 2.52. The zero-order valence-electron chi connectivity index (χ0n) is 11.1. The summed E-state index contributed by atoms with van der Waals surface area (Å²) >= 11 is 1.25. The first-order valence-corrected chi connectivity index (χ1v) is 6.92. The van der Waals surface area contributed by atoms with Gasteiger partial charge in [-0.05, 0) is 24.3 Å². The Labute approximate surface area is 120 Å². The summed E-state index contributed by atoms with van der Waals surface area (Å²) in [6, 6.07) is 6.67. The molecule has 0 radical (unpaired) electrons. The SMILES string of the molecule is CC(C)C(=O)Nc1ccc(C(=O)Nc2nncs2)cc1. The molecule has 0 aliphatic carbocycles. The van der Waals surface area contributed by atoms with Crippen LogP contribution in [0, 0.1) is 5.92 Å². The van der Waals surface area contributed by atoms with E-state index in [0.717, 1.165) is 0 Å². The second-order valence-electron chi connectivity index (χ2n) is 4.42. The molecule has 0 aliphatic rings. The molecule has 6 nitrogen and oxygen atoms in total. The normalized spacial score (nSPS) is 10.3. The first-order chi connectivity index (χ1) is 9.56. The Hall–Kier alpha value is -2.28. The minimum Gasteiger partial charge on any atom is -0.326 e. The zero-order chi connectivity index (χ0) is 14.5. The lowest BCUT2D eigenvalue weighted by atomic mass is 10.1. The number of hydrogen-bond acceptors (Lipinski definition) is 5. The van der Waals surface area contributed by atoms with Crippen LogP contribution in [0.2, 0.25) is 0 Å². The molecular weight excluding hydrogens is 276 g/mol. The van der Waals surface area contributed by atoms with Crippen LogP contribution in [0.3, 0.4) is 0 Å². The number of benzene rings is 1. The molecule has 2 amide bonds. The van der Waals surface area contributed by atoms with Crippen molar-refractivity contribution in [1.82, 2.24) is 10.2 Å². The Bertz CT molecular complexity index is 593. The van der Waals surface area contributed by atoms with Gasteiger partial charge in [0.25, 0.3) is 5.91 Å². The predicted octanol–water partition coefficient (Wildman–Crippen LogP) is 2.38. The Kier molecular flexibility index (Phi) is 4.41. The number of amides is 2. The number of anilines is 2. The largest absolute Gasteiger partial charge is 0.326 e. The topological polar surface area (TPSA) is 84.0 Å². The van der Waals surface area contributed by atoms with Gasteiger partial charge in [-0.25, -0.2) is 0 Å². The maximum Gasteiger partial charge on any atom is 0.257 e. The van der Waals surface area contributed by atoms with E-state index in [9.17, 15) is 9.59 Å². The minimum atomic E-state index is -0.261. The molecule has 1 heterocycles. The molecule has 2 aromatic rings. The fourth-order valence-corrected chi connectivity index (χ4v) is 1.83. The number of rotatable bonds is 4. The summed E-state index contributed by atoms with van der Waals surface area (Å²) in [6.07, 6.45) is 0. The van der Waals surface area contributed by atoms with Gasteiger partial charge in [-0.3, -0.25) is 14.9 Å². The fourth-order valence-electron chi connectivity index (χ4n) is 1.39. The maximum absolute atomic E-state index is 11.9. The fraction of sp³-hybridized carbons (Fsp3) is 0.231. The molecule has 0 aliphatic heterocycles. The standard InChI is InChI=1S/C13H14N4O2S/c1-8(2)11(18)15-10-5-3-9(4-6-10)12(19)16-13-17-14-7-20-13/h3-8H,1-2H3,(H,15,18)(H,16,17,19). The van der Waals surface area contributed by atoms with Crippen LogP contribution < -0.4 is 10.6 Å². The number of aromatic nitrogens is 2. The van der Waals surface area contributed by atoms with Crippen molar-refractivity contribution in [2.45, 2.75) is 13.8 Å². The number of carbonyl (C=O) groups is 2. The van der Waals surface area contributed by atoms with Crippen molar-refractivity contribution >= 4 is 34.0 Å². The van der Waals surface area contributed by atoms with Gasteiger partial charge in [-0.2, -0.15) is 0 Å². The van der Waals surface area contributed by atoms with E-state index in [4.69, 9.17) is 0 Å². The van der Waals surface area contributed by atoms with Crippen LogP contribution in [0.15, 0.2) is 29.8 Å². The van der Waals surface area contributed by atoms with Crippen molar-refractivity contribution in [2.75, 3.05) is 10.6 Å². The number of hydrogen-bond donors (Lipinski definition) is 2. The van der Waals surface area contributed by atoms with Crippen molar-refractivity contribution in [3.8, 4) is 0 Å². The van der Waals surface area contributed by atoms with Crippen LogP contribution in [-0.4, -0.2) is 22.0 Å². The summed E-state index contributed by atoms with van der Waals surface area (Å²) in [5, 5.41) is 13.2. The van der Waals surface area contributed by atoms with E-state index in [1.807, 2.05) is 13.8 Å². The number of carbonyl (C=O) groups excluding carboxylic acids is 2. The van der Waals surface area contributed by atoms with Gasteiger partial charge in [0.15, 0.2) is 0 Å². The lowest BCUT2D eigenvalue weighted by molar-refractivity contribution is -0.118. The van der Waals surface area contributed by atoms with Gasteiger partial charge < -0.3 is 5.32 Å². The molecule has 0 saturated heterocycles. The Morgan fingerprint density at radius 1 is 1.15 bits per heavy atom. The molecule has 0 atom stereocenters. The van der Waals surface area contributed by atoms with Crippen LogP contribution in [0.4, 0.5) is 10.8 Å². The highest BCUT2D eigenvalue weighted by Crippen LogP contribution is 2.14. The van der Waals surface area contributed by atoms with Gasteiger partial charge in [0.1, 0.15) is 5.51 Å². The highest BCUT2D eigenvalue weighted by Gasteiger charge is 2.10. The third kappa shape index (κ3) is 3.61. The lowest BCUT2D eigenvalue weighted by Crippen LogP contribution is -2.18. The maximum atomic E-state index is 11.9. The summed E-state index contributed by atoms with van der Waals surface area (Å²) in [5.74, 6) is -0.407. The van der Waals surface area contributed by atoms with Gasteiger partial charge in [-0.1, -0.05) is 25.2 Å². The number of nitrogens with zero attached hydrogens (tertiary/aromatic N) is 2. The van der Waals surface area contributed by atoms with Gasteiger partial charge in [-0.15, -0.1) is 10.2 Å². The molecule has 1 aromatic heterocycles. The Balaban J connectivity index is 2.00. The van der Waals surface area contributed by atoms with E-state index >= 15 is 0 Å². The smallest absolute Gasteiger partial charge is 0.257 e. The van der Waals surface area contributed by atoms with Crippen molar-refractivity contribution in [2.24, 2.45) is 5.92 Å². The van der Waals surface area contributed by atoms with Crippen LogP contribution in [0.1, 0.15) is 24.2 Å². The molecule has 104 valence electrons. The van der Waals surface area contributed by atoms with Gasteiger partial charge >= 0.3 is 0 Å². The average Bonchev–Trinajstić information content (AvgIpc) is 2.92. The Morgan fingerprint density at radius 3 is 2.40 bits per heavy atom. The van der Waals surface area contributed by atoms with Gasteiger partial charge in [0.2, 0.25) is 11.0 Å². The summed E-state index contributed by atoms with van der Waals surface area (Å²) < 4.78 is 0. The predicted molar refractivity (Wildman–Crippen MR) is 77.8 cm³/mol. The molecule has 0 spiro atoms. The minimum absolute atomic E-state index is 0.0592. The first-order valence-electron chi connectivity index (χ1n) is 6.04. The molecule has 7 heteroatoms. The monoisotopic (exact) mass is 290 g/mol. The van der Waals surface area contributed by atoms with E-state index in [1.165, 1.54) is 11.3 Å². The molecule has 1 aromatic carbocycles. The van der Waals surface area contributed by atoms with Crippen molar-refractivity contribution in [3.05, 3.63) is 35.3 Å². The summed E-state index contributed by atoms with van der Waals surface area (Å²) in [5.41, 5.74) is 2.69. The highest BCUT2D eigenvalue weighted by molar-refractivity contribution is 7.13. The summed E-state index contributed by atoms with van der Waals surface area (Å²) in [6.45, 7) is 3.64. The van der Waals surface area contributed by atoms with Gasteiger partial charge in [0, 0.05) is 17.2 Å². The van der Waals surface area contributed by atoms with Crippen molar-refractivity contribution in [3.63, 3.8) is 0 Å². The second kappa shape index (κ2) is 6.25. The Morgan fingerprint density at radius 2 is 1.85 bits per heavy atom. The molecule has 0 fully saturated rings.